The van der Waals surface area contributed by atoms with Gasteiger partial charge in [0.15, 0.2) is 6.29 Å². The Bertz CT molecular complexity index is 984. The Labute approximate surface area is 172 Å². The monoisotopic (exact) mass is 420 g/mol. The molecule has 0 saturated carbocycles. The molecule has 3 aromatic rings. The van der Waals surface area contributed by atoms with E-state index in [-0.39, 0.29) is 12.4 Å². The van der Waals surface area contributed by atoms with Crippen molar-refractivity contribution >= 4 is 23.2 Å². The maximum Gasteiger partial charge on any atom is 0.258 e. The third-order valence-corrected chi connectivity index (χ3v) is 4.70. The Hall–Kier alpha value is -2.12. The van der Waals surface area contributed by atoms with E-state index in [4.69, 9.17) is 41.9 Å². The van der Waals surface area contributed by atoms with Crippen LogP contribution in [0, 0.1) is 0 Å². The molecule has 2 aromatic carbocycles. The summed E-state index contributed by atoms with van der Waals surface area (Å²) < 4.78 is 22.0. The predicted octanol–water partition coefficient (Wildman–Crippen LogP) is 5.54. The van der Waals surface area contributed by atoms with Crippen molar-refractivity contribution in [3.8, 4) is 28.6 Å². The second-order valence-corrected chi connectivity index (χ2v) is 7.36. The normalized spacial score (nSPS) is 14.8. The maximum absolute atomic E-state index is 6.42. The van der Waals surface area contributed by atoms with E-state index in [0.717, 1.165) is 5.56 Å². The van der Waals surface area contributed by atoms with Gasteiger partial charge in [-0.3, -0.25) is 0 Å². The first-order valence-electron chi connectivity index (χ1n) is 8.84. The quantitative estimate of drug-likeness (QED) is 0.539. The van der Waals surface area contributed by atoms with Crippen LogP contribution in [-0.4, -0.2) is 29.5 Å². The molecule has 28 heavy (non-hydrogen) atoms. The van der Waals surface area contributed by atoms with Gasteiger partial charge in [0.2, 0.25) is 5.82 Å². The first kappa shape index (κ1) is 19.2. The Morgan fingerprint density at radius 2 is 1.82 bits per heavy atom. The minimum atomic E-state index is -0.388. The zero-order valence-electron chi connectivity index (χ0n) is 15.3. The summed E-state index contributed by atoms with van der Waals surface area (Å²) in [4.78, 5) is 4.45. The van der Waals surface area contributed by atoms with Crippen molar-refractivity contribution in [1.82, 2.24) is 10.1 Å². The molecule has 0 unspecified atom stereocenters. The molecule has 0 aliphatic carbocycles. The molecule has 0 radical (unpaired) electrons. The summed E-state index contributed by atoms with van der Waals surface area (Å²) in [6, 6.07) is 10.8. The van der Waals surface area contributed by atoms with E-state index in [1.807, 2.05) is 32.0 Å². The summed E-state index contributed by atoms with van der Waals surface area (Å²) in [6.07, 6.45) is -0.357. The average Bonchev–Trinajstić information content (AvgIpc) is 3.35. The van der Waals surface area contributed by atoms with E-state index in [1.165, 1.54) is 0 Å². The predicted molar refractivity (Wildman–Crippen MR) is 106 cm³/mol. The van der Waals surface area contributed by atoms with Crippen LogP contribution in [0.15, 0.2) is 40.9 Å². The van der Waals surface area contributed by atoms with Crippen LogP contribution in [0.4, 0.5) is 0 Å². The molecule has 0 amide bonds. The average molecular weight is 421 g/mol. The lowest BCUT2D eigenvalue weighted by molar-refractivity contribution is -0.0441. The largest absolute Gasteiger partial charge is 0.489 e. The zero-order valence-corrected chi connectivity index (χ0v) is 16.8. The number of nitrogens with zero attached hydrogens (tertiary/aromatic N) is 2. The first-order valence-corrected chi connectivity index (χ1v) is 9.60. The summed E-state index contributed by atoms with van der Waals surface area (Å²) in [5.74, 6) is 1.34. The van der Waals surface area contributed by atoms with Gasteiger partial charge in [-0.15, -0.1) is 0 Å². The zero-order chi connectivity index (χ0) is 19.7. The van der Waals surface area contributed by atoms with E-state index < -0.39 is 0 Å². The number of hydrogen-bond acceptors (Lipinski definition) is 6. The molecular weight excluding hydrogens is 403 g/mol. The lowest BCUT2D eigenvalue weighted by Crippen LogP contribution is -2.05. The summed E-state index contributed by atoms with van der Waals surface area (Å²) in [6.45, 7) is 5.02. The number of benzene rings is 2. The van der Waals surface area contributed by atoms with Crippen LogP contribution < -0.4 is 4.74 Å². The molecule has 1 fully saturated rings. The van der Waals surface area contributed by atoms with Gasteiger partial charge in [-0.1, -0.05) is 34.4 Å². The molecule has 1 aromatic heterocycles. The Morgan fingerprint density at radius 3 is 2.50 bits per heavy atom. The van der Waals surface area contributed by atoms with Gasteiger partial charge in [-0.25, -0.2) is 0 Å². The topological polar surface area (TPSA) is 66.6 Å². The lowest BCUT2D eigenvalue weighted by Gasteiger charge is -2.11. The van der Waals surface area contributed by atoms with Gasteiger partial charge in [0.1, 0.15) is 5.75 Å². The Balaban J connectivity index is 1.58. The maximum atomic E-state index is 6.42. The van der Waals surface area contributed by atoms with E-state index >= 15 is 0 Å². The molecule has 8 heteroatoms. The van der Waals surface area contributed by atoms with Crippen molar-refractivity contribution in [3.05, 3.63) is 52.0 Å². The number of aromatic nitrogens is 2. The van der Waals surface area contributed by atoms with E-state index in [0.29, 0.717) is 51.9 Å². The Kier molecular flexibility index (Phi) is 5.55. The fourth-order valence-electron chi connectivity index (χ4n) is 2.84. The van der Waals surface area contributed by atoms with Crippen LogP contribution in [0.5, 0.6) is 5.75 Å². The highest BCUT2D eigenvalue weighted by Crippen LogP contribution is 2.34. The summed E-state index contributed by atoms with van der Waals surface area (Å²) in [5.41, 5.74) is 2.20. The standard InChI is InChI=1S/C20H18Cl2N2O4/c1-11(2)27-17-6-4-12(9-16(17)22)19-23-18(24-28-19)14-5-3-13(10-15(14)21)20-25-7-8-26-20/h3-6,9-11,20H,7-8H2,1-2H3. The van der Waals surface area contributed by atoms with Crippen molar-refractivity contribution in [2.75, 3.05) is 13.2 Å². The number of ether oxygens (including phenoxy) is 3. The van der Waals surface area contributed by atoms with Crippen LogP contribution >= 0.6 is 23.2 Å². The van der Waals surface area contributed by atoms with Gasteiger partial charge in [0, 0.05) is 16.7 Å². The molecule has 2 heterocycles. The van der Waals surface area contributed by atoms with Crippen LogP contribution in [-0.2, 0) is 9.47 Å². The van der Waals surface area contributed by atoms with E-state index in [2.05, 4.69) is 10.1 Å². The molecule has 1 aliphatic heterocycles. The fourth-order valence-corrected chi connectivity index (χ4v) is 3.34. The number of halogens is 2. The van der Waals surface area contributed by atoms with Crippen LogP contribution in [0.2, 0.25) is 10.0 Å². The molecule has 146 valence electrons. The minimum absolute atomic E-state index is 0.0310. The highest BCUT2D eigenvalue weighted by atomic mass is 35.5. The third-order valence-electron chi connectivity index (χ3n) is 4.10. The van der Waals surface area contributed by atoms with E-state index in [9.17, 15) is 0 Å². The van der Waals surface area contributed by atoms with Gasteiger partial charge in [0.05, 0.1) is 29.4 Å². The number of hydrogen-bond donors (Lipinski definition) is 0. The van der Waals surface area contributed by atoms with Crippen molar-refractivity contribution in [1.29, 1.82) is 0 Å². The van der Waals surface area contributed by atoms with Crippen molar-refractivity contribution in [3.63, 3.8) is 0 Å². The molecule has 1 saturated heterocycles. The lowest BCUT2D eigenvalue weighted by atomic mass is 10.1. The third kappa shape index (κ3) is 4.00. The molecule has 6 nitrogen and oxygen atoms in total. The highest BCUT2D eigenvalue weighted by molar-refractivity contribution is 6.33. The molecule has 4 rings (SSSR count). The smallest absolute Gasteiger partial charge is 0.258 e. The highest BCUT2D eigenvalue weighted by Gasteiger charge is 2.21. The second-order valence-electron chi connectivity index (χ2n) is 6.55. The molecule has 1 aliphatic rings. The van der Waals surface area contributed by atoms with Gasteiger partial charge in [-0.2, -0.15) is 4.98 Å². The van der Waals surface area contributed by atoms with Crippen molar-refractivity contribution < 1.29 is 18.7 Å². The van der Waals surface area contributed by atoms with E-state index in [1.54, 1.807) is 18.2 Å². The molecule has 0 bridgehead atoms. The van der Waals surface area contributed by atoms with Gasteiger partial charge < -0.3 is 18.7 Å². The molecule has 0 N–H and O–H groups in total. The minimum Gasteiger partial charge on any atom is -0.489 e. The summed E-state index contributed by atoms with van der Waals surface area (Å²) in [7, 11) is 0. The summed E-state index contributed by atoms with van der Waals surface area (Å²) >= 11 is 12.7. The van der Waals surface area contributed by atoms with Gasteiger partial charge >= 0.3 is 0 Å². The Morgan fingerprint density at radius 1 is 1.04 bits per heavy atom. The number of rotatable bonds is 5. The SMILES string of the molecule is CC(C)Oc1ccc(-c2nc(-c3ccc(C4OCCO4)cc3Cl)no2)cc1Cl. The second kappa shape index (κ2) is 8.09. The first-order chi connectivity index (χ1) is 13.5. The summed E-state index contributed by atoms with van der Waals surface area (Å²) in [5, 5.41) is 5.01. The van der Waals surface area contributed by atoms with Gasteiger partial charge in [0.25, 0.3) is 5.89 Å². The molecular formula is C20H18Cl2N2O4. The van der Waals surface area contributed by atoms with Crippen LogP contribution in [0.25, 0.3) is 22.8 Å². The van der Waals surface area contributed by atoms with Crippen molar-refractivity contribution in [2.24, 2.45) is 0 Å². The molecule has 0 spiro atoms. The van der Waals surface area contributed by atoms with Crippen LogP contribution in [0.3, 0.4) is 0 Å². The van der Waals surface area contributed by atoms with Crippen molar-refractivity contribution in [2.45, 2.75) is 26.2 Å². The van der Waals surface area contributed by atoms with Crippen LogP contribution in [0.1, 0.15) is 25.7 Å². The molecule has 0 atom stereocenters. The van der Waals surface area contributed by atoms with Gasteiger partial charge in [-0.05, 0) is 44.2 Å². The fraction of sp³-hybridized carbons (Fsp3) is 0.300.